The molecule has 1 aromatic carbocycles. The van der Waals surface area contributed by atoms with Gasteiger partial charge in [0.1, 0.15) is 0 Å². The van der Waals surface area contributed by atoms with Crippen molar-refractivity contribution in [2.24, 2.45) is 5.41 Å². The zero-order valence-corrected chi connectivity index (χ0v) is 18.9. The number of aryl methyl sites for hydroxylation is 1. The minimum Gasteiger partial charge on any atom is -0.459 e. The number of carbonyl (C=O) groups is 3. The van der Waals surface area contributed by atoms with Gasteiger partial charge in [-0.25, -0.2) is 0 Å². The van der Waals surface area contributed by atoms with E-state index in [4.69, 9.17) is 4.42 Å². The fourth-order valence-corrected chi connectivity index (χ4v) is 4.79. The van der Waals surface area contributed by atoms with E-state index in [0.717, 1.165) is 16.7 Å². The molecule has 0 unspecified atom stereocenters. The molecule has 0 saturated carbocycles. The van der Waals surface area contributed by atoms with Crippen LogP contribution in [0.1, 0.15) is 49.2 Å². The van der Waals surface area contributed by atoms with Gasteiger partial charge in [0.2, 0.25) is 5.54 Å². The minimum absolute atomic E-state index is 0.00955. The molecule has 2 aromatic rings. The molecule has 1 atom stereocenters. The molecule has 0 bridgehead atoms. The number of nitrogens with zero attached hydrogens (tertiary/aromatic N) is 1. The zero-order chi connectivity index (χ0) is 24.7. The highest BCUT2D eigenvalue weighted by Crippen LogP contribution is 2.51. The molecule has 1 aliphatic heterocycles. The first-order valence-corrected chi connectivity index (χ1v) is 11.0. The maximum atomic E-state index is 14.7. The van der Waals surface area contributed by atoms with Gasteiger partial charge < -0.3 is 14.6 Å². The Labute approximate surface area is 194 Å². The third-order valence-corrected chi connectivity index (χ3v) is 6.28. The Kier molecular flexibility index (Phi) is 5.91. The summed E-state index contributed by atoms with van der Waals surface area (Å²) in [4.78, 5) is 40.3. The van der Waals surface area contributed by atoms with Crippen LogP contribution in [-0.4, -0.2) is 40.8 Å². The fraction of sp³-hybridized carbons (Fsp3) is 0.400. The van der Waals surface area contributed by atoms with E-state index in [2.05, 4.69) is 0 Å². The molecule has 1 aliphatic carbocycles. The van der Waals surface area contributed by atoms with Gasteiger partial charge in [0.15, 0.2) is 11.5 Å². The van der Waals surface area contributed by atoms with E-state index in [1.165, 1.54) is 12.1 Å². The average Bonchev–Trinajstić information content (AvgIpc) is 3.35. The van der Waals surface area contributed by atoms with Crippen molar-refractivity contribution in [1.82, 2.24) is 10.2 Å². The van der Waals surface area contributed by atoms with E-state index in [1.54, 1.807) is 13.8 Å². The Morgan fingerprint density at radius 3 is 2.41 bits per heavy atom. The van der Waals surface area contributed by atoms with Crippen molar-refractivity contribution in [3.63, 3.8) is 0 Å². The molecule has 9 heteroatoms. The summed E-state index contributed by atoms with van der Waals surface area (Å²) in [5.74, 6) is -3.75. The first-order valence-electron chi connectivity index (χ1n) is 11.0. The van der Waals surface area contributed by atoms with Gasteiger partial charge in [0, 0.05) is 18.7 Å². The van der Waals surface area contributed by atoms with Gasteiger partial charge in [-0.15, -0.1) is 0 Å². The maximum Gasteiger partial charge on any atom is 0.425 e. The highest BCUT2D eigenvalue weighted by molar-refractivity contribution is 6.14. The van der Waals surface area contributed by atoms with E-state index in [9.17, 15) is 27.6 Å². The van der Waals surface area contributed by atoms with Gasteiger partial charge in [0.05, 0.1) is 11.8 Å². The van der Waals surface area contributed by atoms with Gasteiger partial charge in [-0.2, -0.15) is 13.2 Å². The van der Waals surface area contributed by atoms with Crippen molar-refractivity contribution < 1.29 is 32.0 Å². The Bertz CT molecular complexity index is 1140. The van der Waals surface area contributed by atoms with Crippen molar-refractivity contribution in [2.75, 3.05) is 6.54 Å². The first kappa shape index (κ1) is 23.8. The predicted molar refractivity (Wildman–Crippen MR) is 116 cm³/mol. The van der Waals surface area contributed by atoms with Crippen molar-refractivity contribution >= 4 is 17.6 Å². The van der Waals surface area contributed by atoms with Crippen LogP contribution in [-0.2, 0) is 16.0 Å². The average molecular weight is 474 g/mol. The summed E-state index contributed by atoms with van der Waals surface area (Å²) in [6, 6.07) is 11.9. The topological polar surface area (TPSA) is 79.6 Å². The van der Waals surface area contributed by atoms with Gasteiger partial charge in [-0.1, -0.05) is 44.2 Å². The van der Waals surface area contributed by atoms with E-state index in [0.29, 0.717) is 12.8 Å². The molecule has 6 nitrogen and oxygen atoms in total. The standard InChI is InChI=1S/C25H25F3N2O4/c1-23(2)14-17-20(18(31)15-23)24(25(26,27)28,29-21(32)19-11-7-13-34-19)22(33)30(17)12-6-10-16-8-4-3-5-9-16/h3-5,7-9,11,13H,6,10,12,14-15H2,1-2H3,(H,29,32)/t24-/m0/s1. The van der Waals surface area contributed by atoms with Crippen LogP contribution in [0, 0.1) is 5.41 Å². The molecule has 0 radical (unpaired) electrons. The lowest BCUT2D eigenvalue weighted by Crippen LogP contribution is -2.66. The molecule has 0 spiro atoms. The maximum absolute atomic E-state index is 14.7. The lowest BCUT2D eigenvalue weighted by molar-refractivity contribution is -0.190. The molecule has 2 amide bonds. The summed E-state index contributed by atoms with van der Waals surface area (Å²) in [5, 5.41) is 1.85. The van der Waals surface area contributed by atoms with Crippen molar-refractivity contribution in [1.29, 1.82) is 0 Å². The second-order valence-corrected chi connectivity index (χ2v) is 9.49. The molecule has 1 N–H and O–H groups in total. The Morgan fingerprint density at radius 1 is 1.09 bits per heavy atom. The summed E-state index contributed by atoms with van der Waals surface area (Å²) in [5.41, 5.74) is -3.73. The quantitative estimate of drug-likeness (QED) is 0.672. The van der Waals surface area contributed by atoms with E-state index in [-0.39, 0.29) is 30.8 Å². The molecule has 1 aromatic heterocycles. The number of hydrogen-bond donors (Lipinski definition) is 1. The molecule has 0 fully saturated rings. The van der Waals surface area contributed by atoms with Crippen LogP contribution in [0.3, 0.4) is 0 Å². The summed E-state index contributed by atoms with van der Waals surface area (Å²) in [6.45, 7) is 3.54. The van der Waals surface area contributed by atoms with Gasteiger partial charge in [-0.05, 0) is 42.4 Å². The van der Waals surface area contributed by atoms with Crippen LogP contribution < -0.4 is 5.32 Å². The Balaban J connectivity index is 1.74. The van der Waals surface area contributed by atoms with Crippen LogP contribution in [0.4, 0.5) is 13.2 Å². The smallest absolute Gasteiger partial charge is 0.425 e. The second kappa shape index (κ2) is 8.45. The Hall–Kier alpha value is -3.36. The lowest BCUT2D eigenvalue weighted by Gasteiger charge is -2.35. The number of carbonyl (C=O) groups excluding carboxylic acids is 3. The molecule has 0 saturated heterocycles. The highest BCUT2D eigenvalue weighted by Gasteiger charge is 2.71. The number of ketones is 1. The summed E-state index contributed by atoms with van der Waals surface area (Å²) >= 11 is 0. The number of Topliss-reactive ketones (excluding diaryl/α,β-unsaturated/α-hetero) is 1. The normalized spacial score (nSPS) is 22.2. The Morgan fingerprint density at radius 2 is 1.79 bits per heavy atom. The number of rotatable bonds is 6. The number of furan rings is 1. The monoisotopic (exact) mass is 474 g/mol. The molecular formula is C25H25F3N2O4. The van der Waals surface area contributed by atoms with Crippen LogP contribution in [0.25, 0.3) is 0 Å². The van der Waals surface area contributed by atoms with Gasteiger partial charge >= 0.3 is 6.18 Å². The molecule has 2 heterocycles. The number of benzene rings is 1. The van der Waals surface area contributed by atoms with Crippen molar-refractivity contribution in [2.45, 2.75) is 51.2 Å². The molecular weight excluding hydrogens is 449 g/mol. The molecule has 2 aliphatic rings. The fourth-order valence-electron chi connectivity index (χ4n) is 4.79. The van der Waals surface area contributed by atoms with Crippen molar-refractivity contribution in [3.05, 3.63) is 71.3 Å². The predicted octanol–water partition coefficient (Wildman–Crippen LogP) is 4.43. The van der Waals surface area contributed by atoms with E-state index >= 15 is 0 Å². The molecule has 4 rings (SSSR count). The third kappa shape index (κ3) is 4.03. The zero-order valence-electron chi connectivity index (χ0n) is 18.9. The lowest BCUT2D eigenvalue weighted by atomic mass is 9.72. The van der Waals surface area contributed by atoms with Gasteiger partial charge in [0.25, 0.3) is 11.8 Å². The number of alkyl halides is 3. The van der Waals surface area contributed by atoms with Gasteiger partial charge in [-0.3, -0.25) is 14.4 Å². The summed E-state index contributed by atoms with van der Waals surface area (Å²) in [6.07, 6.45) is -3.21. The summed E-state index contributed by atoms with van der Waals surface area (Å²) in [7, 11) is 0. The van der Waals surface area contributed by atoms with Crippen LogP contribution >= 0.6 is 0 Å². The number of amides is 2. The highest BCUT2D eigenvalue weighted by atomic mass is 19.4. The number of allylic oxidation sites excluding steroid dienone is 1. The van der Waals surface area contributed by atoms with E-state index in [1.807, 2.05) is 35.6 Å². The first-order chi connectivity index (χ1) is 16.0. The second-order valence-electron chi connectivity index (χ2n) is 9.49. The SMILES string of the molecule is CC1(C)CC(=O)C2=C(C1)N(CCCc1ccccc1)C(=O)[C@]2(NC(=O)c1ccco1)C(F)(F)F. The number of nitrogens with one attached hydrogen (secondary N) is 1. The molecule has 34 heavy (non-hydrogen) atoms. The largest absolute Gasteiger partial charge is 0.459 e. The minimum atomic E-state index is -5.24. The van der Waals surface area contributed by atoms with Crippen LogP contribution in [0.5, 0.6) is 0 Å². The number of halogens is 3. The number of hydrogen-bond acceptors (Lipinski definition) is 4. The van der Waals surface area contributed by atoms with Crippen LogP contribution in [0.2, 0.25) is 0 Å². The summed E-state index contributed by atoms with van der Waals surface area (Å²) < 4.78 is 49.0. The van der Waals surface area contributed by atoms with Crippen LogP contribution in [0.15, 0.2) is 64.4 Å². The third-order valence-electron chi connectivity index (χ3n) is 6.28. The van der Waals surface area contributed by atoms with Crippen molar-refractivity contribution in [3.8, 4) is 0 Å². The van der Waals surface area contributed by atoms with E-state index < -0.39 is 40.3 Å². The molecule has 180 valence electrons.